The highest BCUT2D eigenvalue weighted by atomic mass is 32.2. The Bertz CT molecular complexity index is 437. The molecule has 0 amide bonds. The smallest absolute Gasteiger partial charge is 0.130 e. The predicted molar refractivity (Wildman–Crippen MR) is 63.9 cm³/mol. The first-order chi connectivity index (χ1) is 6.31. The summed E-state index contributed by atoms with van der Waals surface area (Å²) >= 11 is 1.81. The van der Waals surface area contributed by atoms with Gasteiger partial charge in [-0.1, -0.05) is 35.8 Å². The molecular formula is C11H11BS. The molecule has 2 aromatic carbocycles. The van der Waals surface area contributed by atoms with Crippen molar-refractivity contribution < 1.29 is 0 Å². The lowest BCUT2D eigenvalue weighted by Gasteiger charge is -2.04. The maximum absolute atomic E-state index is 2.26. The van der Waals surface area contributed by atoms with E-state index >= 15 is 0 Å². The highest BCUT2D eigenvalue weighted by Crippen LogP contribution is 2.19. The third kappa shape index (κ3) is 1.59. The second-order valence-corrected chi connectivity index (χ2v) is 4.02. The van der Waals surface area contributed by atoms with E-state index in [9.17, 15) is 0 Å². The van der Waals surface area contributed by atoms with Crippen LogP contribution in [0.3, 0.4) is 0 Å². The largest absolute Gasteiger partial charge is 0.140 e. The van der Waals surface area contributed by atoms with Gasteiger partial charge < -0.3 is 0 Å². The molecule has 0 aliphatic heterocycles. The number of hydrogen-bond donors (Lipinski definition) is 0. The standard InChI is InChI=1S/C11H11BS/c1-13-11-7-9-5-3-2-4-8(9)6-10(11)12/h2-7H,12H2,1H3. The molecule has 2 rings (SSSR count). The molecule has 0 unspecified atom stereocenters. The zero-order chi connectivity index (χ0) is 9.26. The summed E-state index contributed by atoms with van der Waals surface area (Å²) in [7, 11) is 2.16. The van der Waals surface area contributed by atoms with Gasteiger partial charge in [0.05, 0.1) is 0 Å². The van der Waals surface area contributed by atoms with Crippen LogP contribution in [-0.4, -0.2) is 14.1 Å². The van der Waals surface area contributed by atoms with Gasteiger partial charge in [-0.05, 0) is 23.1 Å². The lowest BCUT2D eigenvalue weighted by molar-refractivity contribution is 1.58. The second-order valence-electron chi connectivity index (χ2n) is 3.17. The molecule has 0 aliphatic carbocycles. The summed E-state index contributed by atoms with van der Waals surface area (Å²) in [4.78, 5) is 1.37. The average molecular weight is 186 g/mol. The first-order valence-corrected chi connectivity index (χ1v) is 5.57. The zero-order valence-electron chi connectivity index (χ0n) is 7.87. The van der Waals surface area contributed by atoms with Crippen LogP contribution >= 0.6 is 11.8 Å². The van der Waals surface area contributed by atoms with Crippen LogP contribution in [0.2, 0.25) is 0 Å². The Morgan fingerprint density at radius 2 is 1.69 bits per heavy atom. The van der Waals surface area contributed by atoms with Gasteiger partial charge in [-0.25, -0.2) is 0 Å². The highest BCUT2D eigenvalue weighted by Gasteiger charge is 1.98. The van der Waals surface area contributed by atoms with Crippen molar-refractivity contribution in [1.82, 2.24) is 0 Å². The molecular weight excluding hydrogens is 175 g/mol. The minimum absolute atomic E-state index is 1.33. The predicted octanol–water partition coefficient (Wildman–Crippen LogP) is 1.82. The van der Waals surface area contributed by atoms with Crippen LogP contribution < -0.4 is 5.46 Å². The van der Waals surface area contributed by atoms with Gasteiger partial charge in [0.2, 0.25) is 0 Å². The number of hydrogen-bond acceptors (Lipinski definition) is 1. The van der Waals surface area contributed by atoms with Gasteiger partial charge in [-0.2, -0.15) is 0 Å². The molecule has 0 N–H and O–H groups in total. The van der Waals surface area contributed by atoms with Crippen LogP contribution in [0.25, 0.3) is 10.8 Å². The molecule has 13 heavy (non-hydrogen) atoms. The quantitative estimate of drug-likeness (QED) is 0.483. The van der Waals surface area contributed by atoms with Crippen molar-refractivity contribution in [2.45, 2.75) is 4.90 Å². The highest BCUT2D eigenvalue weighted by molar-refractivity contribution is 7.98. The van der Waals surface area contributed by atoms with Crippen molar-refractivity contribution in [3.05, 3.63) is 36.4 Å². The van der Waals surface area contributed by atoms with Gasteiger partial charge >= 0.3 is 0 Å². The van der Waals surface area contributed by atoms with Crippen LogP contribution in [0.4, 0.5) is 0 Å². The second kappa shape index (κ2) is 3.47. The van der Waals surface area contributed by atoms with E-state index in [1.807, 2.05) is 11.8 Å². The topological polar surface area (TPSA) is 0 Å². The van der Waals surface area contributed by atoms with Crippen LogP contribution in [0.1, 0.15) is 0 Å². The maximum Gasteiger partial charge on any atom is 0.140 e. The molecule has 0 radical (unpaired) electrons. The molecule has 2 heteroatoms. The Morgan fingerprint density at radius 3 is 2.31 bits per heavy atom. The van der Waals surface area contributed by atoms with Crippen LogP contribution in [0.5, 0.6) is 0 Å². The van der Waals surface area contributed by atoms with Crippen LogP contribution in [0.15, 0.2) is 41.3 Å². The third-order valence-corrected chi connectivity index (χ3v) is 3.14. The summed E-state index contributed by atoms with van der Waals surface area (Å²) in [5.41, 5.74) is 1.37. The van der Waals surface area contributed by atoms with E-state index in [0.717, 1.165) is 0 Å². The van der Waals surface area contributed by atoms with Crippen molar-refractivity contribution in [1.29, 1.82) is 0 Å². The number of benzene rings is 2. The van der Waals surface area contributed by atoms with Gasteiger partial charge in [0.1, 0.15) is 7.85 Å². The Balaban J connectivity index is 2.74. The Morgan fingerprint density at radius 1 is 1.08 bits per heavy atom. The molecule has 0 spiro atoms. The van der Waals surface area contributed by atoms with Gasteiger partial charge in [0.25, 0.3) is 0 Å². The van der Waals surface area contributed by atoms with Crippen molar-refractivity contribution in [2.75, 3.05) is 6.26 Å². The van der Waals surface area contributed by atoms with Crippen LogP contribution in [-0.2, 0) is 0 Å². The summed E-state index contributed by atoms with van der Waals surface area (Å²) in [6, 6.07) is 13.0. The molecule has 64 valence electrons. The number of thioether (sulfide) groups is 1. The Labute approximate surface area is 83.8 Å². The van der Waals surface area contributed by atoms with E-state index in [1.165, 1.54) is 21.1 Å². The van der Waals surface area contributed by atoms with Gasteiger partial charge in [-0.3, -0.25) is 0 Å². The van der Waals surface area contributed by atoms with Gasteiger partial charge in [0, 0.05) is 4.90 Å². The van der Waals surface area contributed by atoms with E-state index in [4.69, 9.17) is 0 Å². The van der Waals surface area contributed by atoms with Crippen molar-refractivity contribution in [3.8, 4) is 0 Å². The lowest BCUT2D eigenvalue weighted by Crippen LogP contribution is -2.04. The lowest BCUT2D eigenvalue weighted by atomic mass is 9.93. The molecule has 0 aromatic heterocycles. The van der Waals surface area contributed by atoms with Crippen molar-refractivity contribution >= 4 is 35.8 Å². The van der Waals surface area contributed by atoms with E-state index in [0.29, 0.717) is 0 Å². The summed E-state index contributed by atoms with van der Waals surface area (Å²) in [5, 5.41) is 2.66. The molecule has 0 saturated carbocycles. The summed E-state index contributed by atoms with van der Waals surface area (Å²) in [6.07, 6.45) is 2.12. The van der Waals surface area contributed by atoms with E-state index < -0.39 is 0 Å². The van der Waals surface area contributed by atoms with Crippen LogP contribution in [0, 0.1) is 0 Å². The first kappa shape index (κ1) is 8.70. The molecule has 0 nitrogen and oxygen atoms in total. The molecule has 0 fully saturated rings. The average Bonchev–Trinajstić information content (AvgIpc) is 2.17. The maximum atomic E-state index is 2.26. The summed E-state index contributed by atoms with van der Waals surface area (Å²) in [6.45, 7) is 0. The minimum Gasteiger partial charge on any atom is -0.130 e. The third-order valence-electron chi connectivity index (χ3n) is 2.26. The Hall–Kier alpha value is -0.885. The summed E-state index contributed by atoms with van der Waals surface area (Å²) < 4.78 is 0. The molecule has 0 saturated heterocycles. The fourth-order valence-electron chi connectivity index (χ4n) is 1.55. The minimum atomic E-state index is 1.33. The molecule has 2 aromatic rings. The monoisotopic (exact) mass is 186 g/mol. The number of fused-ring (bicyclic) bond motifs is 1. The van der Waals surface area contributed by atoms with Crippen molar-refractivity contribution in [3.63, 3.8) is 0 Å². The van der Waals surface area contributed by atoms with Crippen molar-refractivity contribution in [2.24, 2.45) is 0 Å². The SMILES string of the molecule is Bc1cc2ccccc2cc1SC. The first-order valence-electron chi connectivity index (χ1n) is 4.34. The van der Waals surface area contributed by atoms with Gasteiger partial charge in [-0.15, -0.1) is 11.8 Å². The number of rotatable bonds is 1. The van der Waals surface area contributed by atoms with E-state index in [-0.39, 0.29) is 0 Å². The zero-order valence-corrected chi connectivity index (χ0v) is 8.69. The summed E-state index contributed by atoms with van der Waals surface area (Å²) in [5.74, 6) is 0. The fraction of sp³-hybridized carbons (Fsp3) is 0.0909. The molecule has 0 bridgehead atoms. The molecule has 0 heterocycles. The fourth-order valence-corrected chi connectivity index (χ4v) is 2.18. The molecule has 0 aliphatic rings. The molecule has 0 atom stereocenters. The van der Waals surface area contributed by atoms with E-state index in [2.05, 4.69) is 50.5 Å². The van der Waals surface area contributed by atoms with Gasteiger partial charge in [0.15, 0.2) is 0 Å². The Kier molecular flexibility index (Phi) is 2.32. The van der Waals surface area contributed by atoms with E-state index in [1.54, 1.807) is 0 Å². The normalized spacial score (nSPS) is 10.5.